The Balaban J connectivity index is 1.79. The molecule has 1 aromatic carbocycles. The number of ether oxygens (including phenoxy) is 1. The fourth-order valence-corrected chi connectivity index (χ4v) is 3.63. The maximum Gasteiger partial charge on any atom is 0.305 e. The molecule has 0 aliphatic heterocycles. The van der Waals surface area contributed by atoms with Crippen LogP contribution in [0.4, 0.5) is 5.69 Å². The van der Waals surface area contributed by atoms with Gasteiger partial charge in [-0.1, -0.05) is 29.3 Å². The normalized spacial score (nSPS) is 10.9. The van der Waals surface area contributed by atoms with Crippen LogP contribution in [0.25, 0.3) is 10.9 Å². The number of carbonyl (C=O) groups is 2. The minimum absolute atomic E-state index is 0.203. The second-order valence-electron chi connectivity index (χ2n) is 6.70. The molecular formula is C21H21Cl2N3O3. The Morgan fingerprint density at radius 3 is 2.59 bits per heavy atom. The Morgan fingerprint density at radius 1 is 1.17 bits per heavy atom. The first kappa shape index (κ1) is 21.1. The van der Waals surface area contributed by atoms with Crippen LogP contribution in [-0.2, 0) is 16.1 Å². The number of aryl methyl sites for hydroxylation is 2. The zero-order valence-corrected chi connectivity index (χ0v) is 17.7. The van der Waals surface area contributed by atoms with Crippen molar-refractivity contribution in [1.29, 1.82) is 0 Å². The predicted octanol–water partition coefficient (Wildman–Crippen LogP) is 5.25. The van der Waals surface area contributed by atoms with Crippen molar-refractivity contribution in [3.8, 4) is 0 Å². The molecule has 0 radical (unpaired) electrons. The van der Waals surface area contributed by atoms with Crippen LogP contribution in [0.1, 0.15) is 35.2 Å². The van der Waals surface area contributed by atoms with Gasteiger partial charge in [0.1, 0.15) is 0 Å². The zero-order valence-electron chi connectivity index (χ0n) is 16.2. The van der Waals surface area contributed by atoms with Crippen molar-refractivity contribution in [3.05, 3.63) is 58.0 Å². The second kappa shape index (κ2) is 9.29. The van der Waals surface area contributed by atoms with Gasteiger partial charge in [0.25, 0.3) is 5.91 Å². The fraction of sp³-hybridized carbons (Fsp3) is 0.286. The number of halogens is 2. The van der Waals surface area contributed by atoms with Gasteiger partial charge in [-0.2, -0.15) is 0 Å². The molecule has 0 bridgehead atoms. The first-order valence-electron chi connectivity index (χ1n) is 9.17. The van der Waals surface area contributed by atoms with Gasteiger partial charge in [-0.15, -0.1) is 0 Å². The predicted molar refractivity (Wildman–Crippen MR) is 115 cm³/mol. The summed E-state index contributed by atoms with van der Waals surface area (Å²) < 4.78 is 6.77. The van der Waals surface area contributed by atoms with E-state index in [0.29, 0.717) is 17.7 Å². The van der Waals surface area contributed by atoms with Crippen LogP contribution in [0.2, 0.25) is 10.0 Å². The van der Waals surface area contributed by atoms with E-state index >= 15 is 0 Å². The molecule has 0 fully saturated rings. The summed E-state index contributed by atoms with van der Waals surface area (Å²) >= 11 is 12.2. The van der Waals surface area contributed by atoms with Crippen LogP contribution in [0.15, 0.2) is 36.8 Å². The fourth-order valence-electron chi connectivity index (χ4n) is 3.17. The van der Waals surface area contributed by atoms with Crippen LogP contribution in [0.5, 0.6) is 0 Å². The van der Waals surface area contributed by atoms with Crippen molar-refractivity contribution in [1.82, 2.24) is 9.55 Å². The number of esters is 1. The third-order valence-corrected chi connectivity index (χ3v) is 5.27. The highest BCUT2D eigenvalue weighted by molar-refractivity contribution is 6.39. The second-order valence-corrected chi connectivity index (χ2v) is 7.52. The van der Waals surface area contributed by atoms with Crippen molar-refractivity contribution in [2.45, 2.75) is 32.7 Å². The van der Waals surface area contributed by atoms with Crippen LogP contribution in [0.3, 0.4) is 0 Å². The minimum Gasteiger partial charge on any atom is -0.469 e. The summed E-state index contributed by atoms with van der Waals surface area (Å²) in [5.74, 6) is -0.510. The van der Waals surface area contributed by atoms with Gasteiger partial charge in [-0.3, -0.25) is 14.6 Å². The van der Waals surface area contributed by atoms with Gasteiger partial charge in [0.15, 0.2) is 0 Å². The molecule has 152 valence electrons. The summed E-state index contributed by atoms with van der Waals surface area (Å²) in [5, 5.41) is 4.38. The van der Waals surface area contributed by atoms with Crippen molar-refractivity contribution in [2.24, 2.45) is 0 Å². The summed E-state index contributed by atoms with van der Waals surface area (Å²) in [7, 11) is 1.39. The summed E-state index contributed by atoms with van der Waals surface area (Å²) in [4.78, 5) is 27.9. The molecule has 0 atom stereocenters. The van der Waals surface area contributed by atoms with Gasteiger partial charge in [-0.05, 0) is 37.5 Å². The zero-order chi connectivity index (χ0) is 21.0. The van der Waals surface area contributed by atoms with E-state index in [2.05, 4.69) is 25.8 Å². The molecule has 1 amide bonds. The molecule has 0 unspecified atom stereocenters. The minimum atomic E-state index is -0.307. The Hall–Kier alpha value is -2.57. The van der Waals surface area contributed by atoms with Crippen molar-refractivity contribution >= 4 is 51.7 Å². The average Bonchev–Trinajstić information content (AvgIpc) is 3.03. The number of fused-ring (bicyclic) bond motifs is 1. The molecule has 0 aliphatic carbocycles. The maximum atomic E-state index is 12.7. The highest BCUT2D eigenvalue weighted by Crippen LogP contribution is 2.29. The standard InChI is InChI=1S/C21H21Cl2N3O3/c1-13-12-26(8-4-3-5-19(27)29-2)18-9-14(6-7-15(13)18)21(28)25-20-16(22)10-24-11-17(20)23/h6-7,9-12H,3-5,8H2,1-2H3,(H,24,25,28). The molecule has 2 aromatic heterocycles. The van der Waals surface area contributed by atoms with Crippen molar-refractivity contribution in [2.75, 3.05) is 12.4 Å². The number of methoxy groups -OCH3 is 1. The van der Waals surface area contributed by atoms with E-state index in [1.165, 1.54) is 19.5 Å². The monoisotopic (exact) mass is 433 g/mol. The Bertz CT molecular complexity index is 1040. The number of aromatic nitrogens is 2. The molecule has 0 aliphatic rings. The molecule has 1 N–H and O–H groups in total. The maximum absolute atomic E-state index is 12.7. The Kier molecular flexibility index (Phi) is 6.77. The van der Waals surface area contributed by atoms with Gasteiger partial charge in [0, 0.05) is 48.0 Å². The lowest BCUT2D eigenvalue weighted by Crippen LogP contribution is -2.13. The average molecular weight is 434 g/mol. The summed E-state index contributed by atoms with van der Waals surface area (Å²) in [6.07, 6.45) is 6.88. The number of unbranched alkanes of at least 4 members (excludes halogenated alkanes) is 1. The van der Waals surface area contributed by atoms with Crippen LogP contribution in [-0.4, -0.2) is 28.5 Å². The molecule has 3 rings (SSSR count). The molecule has 29 heavy (non-hydrogen) atoms. The lowest BCUT2D eigenvalue weighted by Gasteiger charge is -2.10. The van der Waals surface area contributed by atoms with Crippen molar-refractivity contribution < 1.29 is 14.3 Å². The number of amides is 1. The molecule has 8 heteroatoms. The SMILES string of the molecule is COC(=O)CCCCn1cc(C)c2ccc(C(=O)Nc3c(Cl)cncc3Cl)cc21. The van der Waals surface area contributed by atoms with Crippen molar-refractivity contribution in [3.63, 3.8) is 0 Å². The summed E-state index contributed by atoms with van der Waals surface area (Å²) in [6, 6.07) is 5.55. The quantitative estimate of drug-likeness (QED) is 0.407. The lowest BCUT2D eigenvalue weighted by molar-refractivity contribution is -0.140. The third kappa shape index (κ3) is 4.89. The molecule has 0 spiro atoms. The largest absolute Gasteiger partial charge is 0.469 e. The van der Waals surface area contributed by atoms with E-state index in [9.17, 15) is 9.59 Å². The number of anilines is 1. The van der Waals surface area contributed by atoms with Gasteiger partial charge in [0.2, 0.25) is 0 Å². The summed E-state index contributed by atoms with van der Waals surface area (Å²) in [5.41, 5.74) is 2.92. The van der Waals surface area contributed by atoms with E-state index in [1.54, 1.807) is 6.07 Å². The number of rotatable bonds is 7. The number of nitrogens with zero attached hydrogens (tertiary/aromatic N) is 2. The number of nitrogens with one attached hydrogen (secondary N) is 1. The highest BCUT2D eigenvalue weighted by atomic mass is 35.5. The molecular weight excluding hydrogens is 413 g/mol. The molecule has 6 nitrogen and oxygen atoms in total. The van der Waals surface area contributed by atoms with Gasteiger partial charge in [0.05, 0.1) is 22.8 Å². The molecule has 0 saturated heterocycles. The van der Waals surface area contributed by atoms with E-state index in [0.717, 1.165) is 35.9 Å². The number of carbonyl (C=O) groups excluding carboxylic acids is 2. The lowest BCUT2D eigenvalue weighted by atomic mass is 10.1. The smallest absolute Gasteiger partial charge is 0.305 e. The first-order chi connectivity index (χ1) is 13.9. The topological polar surface area (TPSA) is 73.2 Å². The number of pyridine rings is 1. The molecule has 3 aromatic rings. The third-order valence-electron chi connectivity index (χ3n) is 4.69. The highest BCUT2D eigenvalue weighted by Gasteiger charge is 2.14. The van der Waals surface area contributed by atoms with Gasteiger partial charge in [-0.25, -0.2) is 0 Å². The Morgan fingerprint density at radius 2 is 1.90 bits per heavy atom. The Labute approximate surface area is 178 Å². The van der Waals surface area contributed by atoms with Gasteiger partial charge < -0.3 is 14.6 Å². The van der Waals surface area contributed by atoms with E-state index in [1.807, 2.05) is 19.1 Å². The van der Waals surface area contributed by atoms with Crippen LogP contribution in [0, 0.1) is 6.92 Å². The van der Waals surface area contributed by atoms with E-state index in [4.69, 9.17) is 23.2 Å². The van der Waals surface area contributed by atoms with E-state index in [-0.39, 0.29) is 21.9 Å². The summed E-state index contributed by atoms with van der Waals surface area (Å²) in [6.45, 7) is 2.78. The number of hydrogen-bond donors (Lipinski definition) is 1. The number of hydrogen-bond acceptors (Lipinski definition) is 4. The van der Waals surface area contributed by atoms with Gasteiger partial charge >= 0.3 is 5.97 Å². The molecule has 2 heterocycles. The molecule has 0 saturated carbocycles. The van der Waals surface area contributed by atoms with Crippen LogP contribution < -0.4 is 5.32 Å². The van der Waals surface area contributed by atoms with E-state index < -0.39 is 0 Å². The van der Waals surface area contributed by atoms with Crippen LogP contribution >= 0.6 is 23.2 Å². The first-order valence-corrected chi connectivity index (χ1v) is 9.93. The number of benzene rings is 1.